The molecule has 3 heteroatoms. The molecule has 0 aliphatic carbocycles. The molecule has 0 saturated carbocycles. The quantitative estimate of drug-likeness (QED) is 0.688. The number of nitrogens with zero attached hydrogens (tertiary/aromatic N) is 2. The van der Waals surface area contributed by atoms with Crippen LogP contribution in [0.3, 0.4) is 0 Å². The Morgan fingerprint density at radius 3 is 2.92 bits per heavy atom. The minimum atomic E-state index is 0.252. The maximum absolute atomic E-state index is 5.38. The van der Waals surface area contributed by atoms with Crippen LogP contribution in [-0.4, -0.2) is 24.9 Å². The first-order chi connectivity index (χ1) is 6.42. The average Bonchev–Trinajstić information content (AvgIpc) is 2.67. The van der Waals surface area contributed by atoms with Gasteiger partial charge in [-0.3, -0.25) is 4.98 Å². The van der Waals surface area contributed by atoms with Gasteiger partial charge in [0.25, 0.3) is 0 Å². The molecule has 1 unspecified atom stereocenters. The zero-order valence-corrected chi connectivity index (χ0v) is 7.81. The van der Waals surface area contributed by atoms with Crippen molar-refractivity contribution >= 4 is 5.69 Å². The topological polar surface area (TPSA) is 25.4 Å². The normalized spacial score (nSPS) is 22.2. The Kier molecular flexibility index (Phi) is 2.45. The van der Waals surface area contributed by atoms with E-state index >= 15 is 0 Å². The molecule has 1 atom stereocenters. The predicted octanol–water partition coefficient (Wildman–Crippen LogP) is 1.65. The molecular weight excluding hydrogens is 164 g/mol. The van der Waals surface area contributed by atoms with E-state index in [1.807, 2.05) is 24.5 Å². The van der Waals surface area contributed by atoms with Crippen molar-refractivity contribution in [1.82, 2.24) is 4.98 Å². The van der Waals surface area contributed by atoms with Crippen LogP contribution in [0.4, 0.5) is 5.69 Å². The van der Waals surface area contributed by atoms with Gasteiger partial charge in [-0.05, 0) is 25.0 Å². The van der Waals surface area contributed by atoms with Gasteiger partial charge < -0.3 is 9.64 Å². The van der Waals surface area contributed by atoms with Crippen LogP contribution in [0.2, 0.25) is 0 Å². The molecule has 0 N–H and O–H groups in total. The van der Waals surface area contributed by atoms with Gasteiger partial charge in [0.15, 0.2) is 0 Å². The zero-order valence-electron chi connectivity index (χ0n) is 7.81. The number of hydrogen-bond donors (Lipinski definition) is 0. The van der Waals surface area contributed by atoms with E-state index in [4.69, 9.17) is 4.74 Å². The number of aromatic nitrogens is 1. The first-order valence-electron chi connectivity index (χ1n) is 4.61. The van der Waals surface area contributed by atoms with E-state index in [2.05, 4.69) is 9.88 Å². The van der Waals surface area contributed by atoms with E-state index in [9.17, 15) is 0 Å². The second-order valence-electron chi connectivity index (χ2n) is 3.23. The molecule has 1 aliphatic heterocycles. The fourth-order valence-corrected chi connectivity index (χ4v) is 1.81. The first-order valence-corrected chi connectivity index (χ1v) is 4.61. The summed E-state index contributed by atoms with van der Waals surface area (Å²) in [5.41, 5.74) is 1.21. The van der Waals surface area contributed by atoms with Crippen LogP contribution in [0.25, 0.3) is 0 Å². The van der Waals surface area contributed by atoms with Gasteiger partial charge in [0.1, 0.15) is 6.23 Å². The zero-order chi connectivity index (χ0) is 9.10. The number of hydrogen-bond acceptors (Lipinski definition) is 3. The molecule has 1 fully saturated rings. The second-order valence-corrected chi connectivity index (χ2v) is 3.23. The molecule has 13 heavy (non-hydrogen) atoms. The Hall–Kier alpha value is -1.09. The van der Waals surface area contributed by atoms with Gasteiger partial charge in [0, 0.05) is 31.7 Å². The van der Waals surface area contributed by atoms with Gasteiger partial charge in [-0.1, -0.05) is 0 Å². The SMILES string of the molecule is COC1CCCN1c1ccncc1. The van der Waals surface area contributed by atoms with Crippen LogP contribution >= 0.6 is 0 Å². The number of rotatable bonds is 2. The number of pyridine rings is 1. The Morgan fingerprint density at radius 1 is 1.46 bits per heavy atom. The van der Waals surface area contributed by atoms with Crippen LogP contribution < -0.4 is 4.90 Å². The lowest BCUT2D eigenvalue weighted by Crippen LogP contribution is -2.30. The van der Waals surface area contributed by atoms with E-state index in [1.54, 1.807) is 7.11 Å². The summed E-state index contributed by atoms with van der Waals surface area (Å²) in [5, 5.41) is 0. The molecule has 0 radical (unpaired) electrons. The number of ether oxygens (including phenoxy) is 1. The third-order valence-corrected chi connectivity index (χ3v) is 2.46. The maximum Gasteiger partial charge on any atom is 0.129 e. The molecule has 1 saturated heterocycles. The van der Waals surface area contributed by atoms with E-state index in [-0.39, 0.29) is 6.23 Å². The largest absolute Gasteiger partial charge is 0.362 e. The molecule has 0 bridgehead atoms. The molecule has 0 amide bonds. The van der Waals surface area contributed by atoms with Crippen molar-refractivity contribution in [2.45, 2.75) is 19.1 Å². The molecule has 2 heterocycles. The van der Waals surface area contributed by atoms with Gasteiger partial charge in [-0.25, -0.2) is 0 Å². The first kappa shape index (κ1) is 8.51. The lowest BCUT2D eigenvalue weighted by Gasteiger charge is -2.24. The van der Waals surface area contributed by atoms with Crippen molar-refractivity contribution in [3.05, 3.63) is 24.5 Å². The number of methoxy groups -OCH3 is 1. The molecule has 1 aliphatic rings. The van der Waals surface area contributed by atoms with E-state index < -0.39 is 0 Å². The van der Waals surface area contributed by atoms with Gasteiger partial charge in [-0.15, -0.1) is 0 Å². The maximum atomic E-state index is 5.38. The van der Waals surface area contributed by atoms with Crippen LogP contribution in [0, 0.1) is 0 Å². The lowest BCUT2D eigenvalue weighted by atomic mass is 10.3. The Bertz CT molecular complexity index is 263. The predicted molar refractivity (Wildman–Crippen MR) is 51.6 cm³/mol. The average molecular weight is 178 g/mol. The van der Waals surface area contributed by atoms with Crippen molar-refractivity contribution < 1.29 is 4.74 Å². The highest BCUT2D eigenvalue weighted by atomic mass is 16.5. The molecule has 70 valence electrons. The van der Waals surface area contributed by atoms with Crippen LogP contribution in [0.1, 0.15) is 12.8 Å². The lowest BCUT2D eigenvalue weighted by molar-refractivity contribution is 0.111. The van der Waals surface area contributed by atoms with Crippen LogP contribution in [0.5, 0.6) is 0 Å². The molecule has 1 aromatic rings. The number of anilines is 1. The minimum absolute atomic E-state index is 0.252. The second kappa shape index (κ2) is 3.75. The molecule has 2 rings (SSSR count). The molecule has 1 aromatic heterocycles. The van der Waals surface area contributed by atoms with Crippen molar-refractivity contribution in [2.75, 3.05) is 18.6 Å². The summed E-state index contributed by atoms with van der Waals surface area (Å²) < 4.78 is 5.38. The Labute approximate surface area is 78.3 Å². The summed E-state index contributed by atoms with van der Waals surface area (Å²) in [4.78, 5) is 6.28. The third kappa shape index (κ3) is 1.65. The molecule has 3 nitrogen and oxygen atoms in total. The highest BCUT2D eigenvalue weighted by Gasteiger charge is 2.23. The van der Waals surface area contributed by atoms with E-state index in [0.717, 1.165) is 13.0 Å². The van der Waals surface area contributed by atoms with Crippen molar-refractivity contribution in [3.63, 3.8) is 0 Å². The van der Waals surface area contributed by atoms with Crippen molar-refractivity contribution in [1.29, 1.82) is 0 Å². The van der Waals surface area contributed by atoms with Gasteiger partial charge >= 0.3 is 0 Å². The summed E-state index contributed by atoms with van der Waals surface area (Å²) in [7, 11) is 1.77. The van der Waals surface area contributed by atoms with E-state index in [1.165, 1.54) is 12.1 Å². The summed E-state index contributed by atoms with van der Waals surface area (Å²) in [6.07, 6.45) is 6.22. The van der Waals surface area contributed by atoms with Crippen LogP contribution in [-0.2, 0) is 4.74 Å². The van der Waals surface area contributed by atoms with Crippen molar-refractivity contribution in [3.8, 4) is 0 Å². The van der Waals surface area contributed by atoms with Crippen LogP contribution in [0.15, 0.2) is 24.5 Å². The summed E-state index contributed by atoms with van der Waals surface area (Å²) >= 11 is 0. The fraction of sp³-hybridized carbons (Fsp3) is 0.500. The molecule has 0 aromatic carbocycles. The Balaban J connectivity index is 2.16. The Morgan fingerprint density at radius 2 is 2.23 bits per heavy atom. The molecule has 0 spiro atoms. The van der Waals surface area contributed by atoms with Gasteiger partial charge in [-0.2, -0.15) is 0 Å². The standard InChI is InChI=1S/C10H14N2O/c1-13-10-3-2-8-12(10)9-4-6-11-7-5-9/h4-7,10H,2-3,8H2,1H3. The van der Waals surface area contributed by atoms with E-state index in [0.29, 0.717) is 0 Å². The highest BCUT2D eigenvalue weighted by molar-refractivity contribution is 5.46. The highest BCUT2D eigenvalue weighted by Crippen LogP contribution is 2.24. The third-order valence-electron chi connectivity index (χ3n) is 2.46. The molecular formula is C10H14N2O. The monoisotopic (exact) mass is 178 g/mol. The van der Waals surface area contributed by atoms with Gasteiger partial charge in [0.2, 0.25) is 0 Å². The summed E-state index contributed by atoms with van der Waals surface area (Å²) in [6.45, 7) is 1.09. The van der Waals surface area contributed by atoms with Crippen molar-refractivity contribution in [2.24, 2.45) is 0 Å². The minimum Gasteiger partial charge on any atom is -0.362 e. The summed E-state index contributed by atoms with van der Waals surface area (Å²) in [5.74, 6) is 0. The fourth-order valence-electron chi connectivity index (χ4n) is 1.81. The van der Waals surface area contributed by atoms with Gasteiger partial charge in [0.05, 0.1) is 0 Å². The summed E-state index contributed by atoms with van der Waals surface area (Å²) in [6, 6.07) is 4.05. The smallest absolute Gasteiger partial charge is 0.129 e.